The van der Waals surface area contributed by atoms with E-state index in [-0.39, 0.29) is 11.2 Å². The number of alkyl halides is 2. The fourth-order valence-corrected chi connectivity index (χ4v) is 4.57. The van der Waals surface area contributed by atoms with Gasteiger partial charge in [-0.25, -0.2) is 9.97 Å². The highest BCUT2D eigenvalue weighted by Gasteiger charge is 2.40. The number of hydrogen-bond acceptors (Lipinski definition) is 8. The molecule has 1 aliphatic heterocycles. The Morgan fingerprint density at radius 3 is 2.38 bits per heavy atom. The molecule has 0 aliphatic carbocycles. The van der Waals surface area contributed by atoms with Crippen LogP contribution in [0.5, 0.6) is 0 Å². The lowest BCUT2D eigenvalue weighted by molar-refractivity contribution is 0.0307. The number of nitriles is 1. The Morgan fingerprint density at radius 1 is 0.872 bits per heavy atom. The highest BCUT2D eigenvalue weighted by molar-refractivity contribution is 5.63. The van der Waals surface area contributed by atoms with Crippen molar-refractivity contribution in [3.63, 3.8) is 0 Å². The van der Waals surface area contributed by atoms with E-state index in [2.05, 4.69) is 48.2 Å². The lowest BCUT2D eigenvalue weighted by Gasteiger charge is -2.33. The average molecular weight is 524 g/mol. The second-order valence-corrected chi connectivity index (χ2v) is 9.42. The van der Waals surface area contributed by atoms with Crippen LogP contribution in [0.25, 0.3) is 28.3 Å². The van der Waals surface area contributed by atoms with Gasteiger partial charge in [0.1, 0.15) is 0 Å². The summed E-state index contributed by atoms with van der Waals surface area (Å²) in [7, 11) is 2.09. The van der Waals surface area contributed by atoms with Crippen molar-refractivity contribution < 1.29 is 8.78 Å². The van der Waals surface area contributed by atoms with Gasteiger partial charge in [0.15, 0.2) is 11.5 Å². The molecular formula is C28H23F2N9. The molecule has 0 atom stereocenters. The van der Waals surface area contributed by atoms with Crippen molar-refractivity contribution in [2.75, 3.05) is 38.1 Å². The molecule has 0 bridgehead atoms. The number of fused-ring (bicyclic) bond motifs is 1. The fourth-order valence-electron chi connectivity index (χ4n) is 4.57. The van der Waals surface area contributed by atoms with E-state index in [4.69, 9.17) is 0 Å². The fraction of sp³-hybridized carbons (Fsp3) is 0.214. The quantitative estimate of drug-likeness (QED) is 0.341. The van der Waals surface area contributed by atoms with Crippen LogP contribution in [-0.2, 0) is 5.92 Å². The van der Waals surface area contributed by atoms with Gasteiger partial charge in [-0.3, -0.25) is 0 Å². The maximum Gasteiger partial charge on any atom is 0.333 e. The molecule has 0 radical (unpaired) electrons. The van der Waals surface area contributed by atoms with Crippen molar-refractivity contribution in [2.24, 2.45) is 0 Å². The zero-order chi connectivity index (χ0) is 27.0. The largest absolute Gasteiger partial charge is 0.366 e. The predicted molar refractivity (Wildman–Crippen MR) is 141 cm³/mol. The molecule has 1 fully saturated rings. The molecule has 1 saturated heterocycles. The van der Waals surface area contributed by atoms with Crippen LogP contribution in [0.1, 0.15) is 17.0 Å². The van der Waals surface area contributed by atoms with Crippen LogP contribution in [0.3, 0.4) is 0 Å². The molecule has 11 heteroatoms. The second kappa shape index (κ2) is 9.81. The third-order valence-corrected chi connectivity index (χ3v) is 6.82. The Hall–Kier alpha value is -4.82. The number of benzene rings is 2. The van der Waals surface area contributed by atoms with E-state index in [0.717, 1.165) is 36.4 Å². The third kappa shape index (κ3) is 4.66. The third-order valence-electron chi connectivity index (χ3n) is 6.82. The summed E-state index contributed by atoms with van der Waals surface area (Å²) in [5.41, 5.74) is 2.76. The van der Waals surface area contributed by atoms with E-state index >= 15 is 8.78 Å². The molecule has 4 heterocycles. The first-order valence-electron chi connectivity index (χ1n) is 12.4. The molecule has 3 aromatic heterocycles. The summed E-state index contributed by atoms with van der Waals surface area (Å²) in [6.45, 7) is 3.68. The van der Waals surface area contributed by atoms with Gasteiger partial charge in [-0.05, 0) is 37.4 Å². The Balaban J connectivity index is 1.31. The minimum atomic E-state index is -3.50. The topological polar surface area (TPSA) is 99.1 Å². The molecule has 0 spiro atoms. The Morgan fingerprint density at radius 2 is 1.62 bits per heavy atom. The minimum absolute atomic E-state index is 0.184. The molecule has 2 aromatic carbocycles. The van der Waals surface area contributed by atoms with Crippen molar-refractivity contribution in [2.45, 2.75) is 5.92 Å². The summed E-state index contributed by atoms with van der Waals surface area (Å²) in [5.74, 6) is -3.76. The zero-order valence-corrected chi connectivity index (χ0v) is 21.0. The van der Waals surface area contributed by atoms with Gasteiger partial charge in [0.05, 0.1) is 35.4 Å². The Kier molecular flexibility index (Phi) is 6.17. The average Bonchev–Trinajstić information content (AvgIpc) is 3.42. The van der Waals surface area contributed by atoms with Crippen LogP contribution in [0.2, 0.25) is 0 Å². The van der Waals surface area contributed by atoms with E-state index in [0.29, 0.717) is 28.2 Å². The summed E-state index contributed by atoms with van der Waals surface area (Å²) in [6.07, 6.45) is 3.47. The van der Waals surface area contributed by atoms with Crippen LogP contribution in [0.15, 0.2) is 73.1 Å². The molecular weight excluding hydrogens is 500 g/mol. The number of hydrogen-bond donors (Lipinski definition) is 0. The van der Waals surface area contributed by atoms with E-state index in [1.54, 1.807) is 60.9 Å². The lowest BCUT2D eigenvalue weighted by Crippen LogP contribution is -2.44. The number of rotatable bonds is 5. The van der Waals surface area contributed by atoms with Crippen molar-refractivity contribution in [3.05, 3.63) is 90.0 Å². The smallest absolute Gasteiger partial charge is 0.333 e. The summed E-state index contributed by atoms with van der Waals surface area (Å²) in [4.78, 5) is 13.4. The number of halogens is 2. The number of piperazine rings is 1. The van der Waals surface area contributed by atoms with Crippen molar-refractivity contribution in [1.82, 2.24) is 34.7 Å². The number of nitrogens with zero attached hydrogens (tertiary/aromatic N) is 9. The monoisotopic (exact) mass is 523 g/mol. The standard InChI is InChI=1S/C28H23F2N9/c1-37-10-12-38(13-11-37)23-17-32-26(33-18-23)21-6-3-7-22(15-21)28(29,30)27-35-34-25-9-8-24(36-39(25)27)20-5-2-4-19(14-20)16-31/h2-9,14-15,17-18H,10-13H2,1H3. The van der Waals surface area contributed by atoms with Gasteiger partial charge >= 0.3 is 5.92 Å². The van der Waals surface area contributed by atoms with Gasteiger partial charge in [0.2, 0.25) is 5.82 Å². The Bertz CT molecular complexity index is 1680. The SMILES string of the molecule is CN1CCN(c2cnc(-c3cccc(C(F)(F)c4nnc5ccc(-c6cccc(C#N)c6)nn45)c3)nc2)CC1. The van der Waals surface area contributed by atoms with Crippen LogP contribution < -0.4 is 4.90 Å². The first-order valence-corrected chi connectivity index (χ1v) is 12.4. The predicted octanol–water partition coefficient (Wildman–Crippen LogP) is 4.01. The van der Waals surface area contributed by atoms with Crippen molar-refractivity contribution in [1.29, 1.82) is 5.26 Å². The molecule has 0 saturated carbocycles. The van der Waals surface area contributed by atoms with Gasteiger partial charge in [-0.2, -0.15) is 23.7 Å². The maximum atomic E-state index is 15.9. The first kappa shape index (κ1) is 24.5. The highest BCUT2D eigenvalue weighted by Crippen LogP contribution is 2.36. The molecule has 1 aliphatic rings. The molecule has 9 nitrogen and oxygen atoms in total. The summed E-state index contributed by atoms with van der Waals surface area (Å²) in [6, 6.07) is 18.0. The molecule has 0 unspecified atom stereocenters. The highest BCUT2D eigenvalue weighted by atomic mass is 19.3. The van der Waals surface area contributed by atoms with Crippen LogP contribution in [-0.4, -0.2) is 67.9 Å². The van der Waals surface area contributed by atoms with Crippen molar-refractivity contribution >= 4 is 11.3 Å². The molecule has 5 aromatic rings. The molecule has 39 heavy (non-hydrogen) atoms. The molecule has 0 N–H and O–H groups in total. The van der Waals surface area contributed by atoms with Gasteiger partial charge < -0.3 is 9.80 Å². The zero-order valence-electron chi connectivity index (χ0n) is 21.0. The van der Waals surface area contributed by atoms with Gasteiger partial charge in [0.25, 0.3) is 0 Å². The van der Waals surface area contributed by atoms with Gasteiger partial charge in [-0.15, -0.1) is 10.2 Å². The number of anilines is 1. The van der Waals surface area contributed by atoms with Crippen LogP contribution in [0, 0.1) is 11.3 Å². The number of likely N-dealkylation sites (N-methyl/N-ethyl adjacent to an activating group) is 1. The van der Waals surface area contributed by atoms with E-state index < -0.39 is 11.7 Å². The molecule has 6 rings (SSSR count). The van der Waals surface area contributed by atoms with E-state index in [1.807, 2.05) is 0 Å². The van der Waals surface area contributed by atoms with Crippen molar-refractivity contribution in [3.8, 4) is 28.7 Å². The lowest BCUT2D eigenvalue weighted by atomic mass is 10.0. The van der Waals surface area contributed by atoms with E-state index in [1.165, 1.54) is 12.1 Å². The maximum absolute atomic E-state index is 15.9. The van der Waals surface area contributed by atoms with Crippen LogP contribution in [0.4, 0.5) is 14.5 Å². The van der Waals surface area contributed by atoms with Gasteiger partial charge in [-0.1, -0.05) is 30.3 Å². The van der Waals surface area contributed by atoms with E-state index in [9.17, 15) is 5.26 Å². The number of aromatic nitrogens is 6. The molecule has 194 valence electrons. The normalized spacial score (nSPS) is 14.5. The first-order chi connectivity index (χ1) is 18.9. The second-order valence-electron chi connectivity index (χ2n) is 9.42. The van der Waals surface area contributed by atoms with Gasteiger partial charge in [0, 0.05) is 42.9 Å². The molecule has 0 amide bonds. The summed E-state index contributed by atoms with van der Waals surface area (Å²) < 4.78 is 32.8. The Labute approximate surface area is 223 Å². The minimum Gasteiger partial charge on any atom is -0.366 e. The van der Waals surface area contributed by atoms with Crippen LogP contribution >= 0.6 is 0 Å². The summed E-state index contributed by atoms with van der Waals surface area (Å²) >= 11 is 0. The summed E-state index contributed by atoms with van der Waals surface area (Å²) in [5, 5.41) is 21.3.